The summed E-state index contributed by atoms with van der Waals surface area (Å²) in [7, 11) is 0. The van der Waals surface area contributed by atoms with Gasteiger partial charge in [-0.2, -0.15) is 0 Å². The van der Waals surface area contributed by atoms with Gasteiger partial charge >= 0.3 is 6.09 Å². The Morgan fingerprint density at radius 1 is 1.05 bits per heavy atom. The van der Waals surface area contributed by atoms with Crippen molar-refractivity contribution in [3.63, 3.8) is 0 Å². The van der Waals surface area contributed by atoms with Crippen LogP contribution in [0.5, 0.6) is 0 Å². The number of nitrogens with one attached hydrogen (secondary N) is 2. The molecule has 0 aliphatic rings. The fraction of sp³-hybridized carbons (Fsp3) is 0.143. The molecular formula is C14H14N2O3. The van der Waals surface area contributed by atoms with Crippen LogP contribution in [-0.2, 0) is 17.9 Å². The minimum Gasteiger partial charge on any atom is -0.465 e. The van der Waals surface area contributed by atoms with E-state index < -0.39 is 6.09 Å². The minimum atomic E-state index is -1.05. The molecule has 3 N–H and O–H groups in total. The van der Waals surface area contributed by atoms with Crippen molar-refractivity contribution >= 4 is 23.3 Å². The molecule has 0 atom stereocenters. The van der Waals surface area contributed by atoms with Gasteiger partial charge in [-0.25, -0.2) is 4.79 Å². The maximum atomic E-state index is 10.6. The summed E-state index contributed by atoms with van der Waals surface area (Å²) in [5.74, 6) is 0. The van der Waals surface area contributed by atoms with Gasteiger partial charge in [0.1, 0.15) is 0 Å². The number of carboxylic acid groups (broad SMARTS) is 1. The molecule has 2 rings (SSSR count). The Labute approximate surface area is 110 Å². The lowest BCUT2D eigenvalue weighted by atomic mass is 9.99. The molecule has 19 heavy (non-hydrogen) atoms. The lowest BCUT2D eigenvalue weighted by Gasteiger charge is -2.11. The fourth-order valence-electron chi connectivity index (χ4n) is 2.05. The van der Waals surface area contributed by atoms with Crippen LogP contribution in [0.3, 0.4) is 0 Å². The third kappa shape index (κ3) is 3.01. The molecule has 2 amide bonds. The molecule has 0 unspecified atom stereocenters. The van der Waals surface area contributed by atoms with Crippen LogP contribution in [0.4, 0.5) is 4.79 Å². The second kappa shape index (κ2) is 5.86. The molecule has 0 spiro atoms. The Hall–Kier alpha value is -2.56. The van der Waals surface area contributed by atoms with Crippen LogP contribution >= 0.6 is 0 Å². The summed E-state index contributed by atoms with van der Waals surface area (Å²) < 4.78 is 0. The quantitative estimate of drug-likeness (QED) is 0.716. The van der Waals surface area contributed by atoms with Crippen molar-refractivity contribution < 1.29 is 14.7 Å². The van der Waals surface area contributed by atoms with Gasteiger partial charge in [-0.3, -0.25) is 4.79 Å². The number of amides is 2. The molecule has 0 aliphatic carbocycles. The standard InChI is InChI=1S/C14H14N2O3/c17-9-15-7-10-5-6-11(8-16-14(18)19)13-4-2-1-3-12(10)13/h1-6,9,16H,7-8H2,(H,15,17)(H,18,19). The Morgan fingerprint density at radius 3 is 2.16 bits per heavy atom. The molecule has 0 aliphatic heterocycles. The van der Waals surface area contributed by atoms with Crippen molar-refractivity contribution in [3.8, 4) is 0 Å². The van der Waals surface area contributed by atoms with Gasteiger partial charge in [0.15, 0.2) is 0 Å². The van der Waals surface area contributed by atoms with E-state index in [1.807, 2.05) is 36.4 Å². The second-order valence-corrected chi connectivity index (χ2v) is 4.09. The van der Waals surface area contributed by atoms with E-state index in [-0.39, 0.29) is 6.54 Å². The number of carbonyl (C=O) groups is 2. The zero-order valence-corrected chi connectivity index (χ0v) is 10.2. The van der Waals surface area contributed by atoms with Crippen LogP contribution in [0.15, 0.2) is 36.4 Å². The van der Waals surface area contributed by atoms with Crippen LogP contribution in [-0.4, -0.2) is 17.6 Å². The average molecular weight is 258 g/mol. The summed E-state index contributed by atoms with van der Waals surface area (Å²) in [6.45, 7) is 0.716. The highest BCUT2D eigenvalue weighted by atomic mass is 16.4. The first-order valence-corrected chi connectivity index (χ1v) is 5.85. The van der Waals surface area contributed by atoms with Crippen molar-refractivity contribution in [2.45, 2.75) is 13.1 Å². The molecule has 0 bridgehead atoms. The lowest BCUT2D eigenvalue weighted by Crippen LogP contribution is -2.20. The third-order valence-corrected chi connectivity index (χ3v) is 2.91. The zero-order valence-electron chi connectivity index (χ0n) is 10.2. The molecule has 98 valence electrons. The Bertz CT molecular complexity index is 611. The largest absolute Gasteiger partial charge is 0.465 e. The van der Waals surface area contributed by atoms with Crippen LogP contribution < -0.4 is 10.6 Å². The van der Waals surface area contributed by atoms with Crippen molar-refractivity contribution in [2.75, 3.05) is 0 Å². The van der Waals surface area contributed by atoms with Gasteiger partial charge in [-0.15, -0.1) is 0 Å². The van der Waals surface area contributed by atoms with Gasteiger partial charge in [0.25, 0.3) is 0 Å². The van der Waals surface area contributed by atoms with Gasteiger partial charge in [0, 0.05) is 13.1 Å². The number of fused-ring (bicyclic) bond motifs is 1. The summed E-state index contributed by atoms with van der Waals surface area (Å²) in [5, 5.41) is 15.7. The van der Waals surface area contributed by atoms with E-state index in [4.69, 9.17) is 5.11 Å². The summed E-state index contributed by atoms with van der Waals surface area (Å²) in [4.78, 5) is 20.9. The first-order valence-electron chi connectivity index (χ1n) is 5.85. The first kappa shape index (κ1) is 12.9. The summed E-state index contributed by atoms with van der Waals surface area (Å²) in [6, 6.07) is 11.5. The summed E-state index contributed by atoms with van der Waals surface area (Å²) in [5.41, 5.74) is 1.91. The van der Waals surface area contributed by atoms with Crippen molar-refractivity contribution in [1.29, 1.82) is 0 Å². The predicted octanol–water partition coefficient (Wildman–Crippen LogP) is 1.85. The molecule has 0 saturated carbocycles. The van der Waals surface area contributed by atoms with Crippen LogP contribution in [0, 0.1) is 0 Å². The average Bonchev–Trinajstić information content (AvgIpc) is 2.43. The monoisotopic (exact) mass is 258 g/mol. The van der Waals surface area contributed by atoms with Crippen molar-refractivity contribution in [1.82, 2.24) is 10.6 Å². The zero-order chi connectivity index (χ0) is 13.7. The van der Waals surface area contributed by atoms with Gasteiger partial charge in [0.05, 0.1) is 0 Å². The summed E-state index contributed by atoms with van der Waals surface area (Å²) in [6.07, 6.45) is -0.384. The number of carbonyl (C=O) groups excluding carboxylic acids is 1. The number of rotatable bonds is 5. The van der Waals surface area contributed by atoms with E-state index in [9.17, 15) is 9.59 Å². The number of benzene rings is 2. The van der Waals surface area contributed by atoms with E-state index in [0.29, 0.717) is 13.0 Å². The third-order valence-electron chi connectivity index (χ3n) is 2.91. The SMILES string of the molecule is O=CNCc1ccc(CNC(=O)O)c2ccccc12. The normalized spacial score (nSPS) is 10.1. The smallest absolute Gasteiger partial charge is 0.404 e. The molecule has 2 aromatic carbocycles. The van der Waals surface area contributed by atoms with E-state index in [0.717, 1.165) is 21.9 Å². The second-order valence-electron chi connectivity index (χ2n) is 4.09. The topological polar surface area (TPSA) is 78.4 Å². The molecule has 0 aromatic heterocycles. The maximum Gasteiger partial charge on any atom is 0.404 e. The number of hydrogen-bond donors (Lipinski definition) is 3. The van der Waals surface area contributed by atoms with Gasteiger partial charge in [-0.1, -0.05) is 36.4 Å². The molecule has 0 radical (unpaired) electrons. The van der Waals surface area contributed by atoms with Crippen LogP contribution in [0.2, 0.25) is 0 Å². The van der Waals surface area contributed by atoms with Gasteiger partial charge < -0.3 is 15.7 Å². The fourth-order valence-corrected chi connectivity index (χ4v) is 2.05. The highest BCUT2D eigenvalue weighted by molar-refractivity contribution is 5.89. The van der Waals surface area contributed by atoms with Gasteiger partial charge in [0.2, 0.25) is 6.41 Å². The van der Waals surface area contributed by atoms with Crippen LogP contribution in [0.25, 0.3) is 10.8 Å². The maximum absolute atomic E-state index is 10.6. The highest BCUT2D eigenvalue weighted by Gasteiger charge is 2.06. The molecule has 5 heteroatoms. The van der Waals surface area contributed by atoms with E-state index >= 15 is 0 Å². The Kier molecular flexibility index (Phi) is 3.97. The molecule has 2 aromatic rings. The molecular weight excluding hydrogens is 244 g/mol. The predicted molar refractivity (Wildman–Crippen MR) is 71.7 cm³/mol. The molecule has 0 heterocycles. The van der Waals surface area contributed by atoms with Gasteiger partial charge in [-0.05, 0) is 21.9 Å². The molecule has 0 saturated heterocycles. The summed E-state index contributed by atoms with van der Waals surface area (Å²) >= 11 is 0. The van der Waals surface area contributed by atoms with Crippen molar-refractivity contribution in [3.05, 3.63) is 47.5 Å². The lowest BCUT2D eigenvalue weighted by molar-refractivity contribution is -0.109. The molecule has 0 fully saturated rings. The molecule has 5 nitrogen and oxygen atoms in total. The van der Waals surface area contributed by atoms with E-state index in [1.165, 1.54) is 0 Å². The number of hydrogen-bond acceptors (Lipinski definition) is 2. The highest BCUT2D eigenvalue weighted by Crippen LogP contribution is 2.22. The van der Waals surface area contributed by atoms with Crippen molar-refractivity contribution in [2.24, 2.45) is 0 Å². The Morgan fingerprint density at radius 2 is 1.63 bits per heavy atom. The van der Waals surface area contributed by atoms with E-state index in [1.54, 1.807) is 0 Å². The Balaban J connectivity index is 2.39. The minimum absolute atomic E-state index is 0.261. The van der Waals surface area contributed by atoms with Crippen LogP contribution in [0.1, 0.15) is 11.1 Å². The van der Waals surface area contributed by atoms with E-state index in [2.05, 4.69) is 10.6 Å². The first-order chi connectivity index (χ1) is 9.22.